The van der Waals surface area contributed by atoms with E-state index in [2.05, 4.69) is 10.6 Å². The number of halogens is 1. The van der Waals surface area contributed by atoms with Gasteiger partial charge in [0, 0.05) is 30.8 Å². The number of hydrogen-bond acceptors (Lipinski definition) is 5. The van der Waals surface area contributed by atoms with Crippen molar-refractivity contribution >= 4 is 11.6 Å². The summed E-state index contributed by atoms with van der Waals surface area (Å²) < 4.78 is 30.4. The van der Waals surface area contributed by atoms with E-state index in [1.165, 1.54) is 19.2 Å². The minimum absolute atomic E-state index is 0.0262. The Balaban J connectivity index is 1.62. The summed E-state index contributed by atoms with van der Waals surface area (Å²) in [6.07, 6.45) is 0.265. The molecule has 2 aromatic rings. The molecule has 6 nitrogen and oxygen atoms in total. The molecule has 1 amide bonds. The Labute approximate surface area is 151 Å². The Morgan fingerprint density at radius 1 is 1.27 bits per heavy atom. The fourth-order valence-corrected chi connectivity index (χ4v) is 2.67. The lowest BCUT2D eigenvalue weighted by Crippen LogP contribution is -2.43. The van der Waals surface area contributed by atoms with Crippen molar-refractivity contribution in [2.75, 3.05) is 32.2 Å². The molecule has 1 atom stereocenters. The van der Waals surface area contributed by atoms with Gasteiger partial charge in [0.1, 0.15) is 0 Å². The van der Waals surface area contributed by atoms with Crippen molar-refractivity contribution in [2.45, 2.75) is 12.5 Å². The summed E-state index contributed by atoms with van der Waals surface area (Å²) in [5.74, 6) is 0.189. The van der Waals surface area contributed by atoms with E-state index < -0.39 is 5.82 Å². The number of rotatable bonds is 6. The first-order valence-corrected chi connectivity index (χ1v) is 8.37. The highest BCUT2D eigenvalue weighted by Gasteiger charge is 2.17. The first-order valence-electron chi connectivity index (χ1n) is 8.37. The maximum Gasteiger partial charge on any atom is 0.226 e. The van der Waals surface area contributed by atoms with E-state index in [1.54, 1.807) is 30.3 Å². The standard InChI is InChI=1S/C19H21FN2O4/c1-24-17-4-2-3-5-18(17)26-16-7-6-13(10-15(16)20)22-19(23)11-14-12-25-9-8-21-14/h2-7,10,14,21H,8-9,11-12H2,1H3,(H,22,23). The SMILES string of the molecule is COc1ccccc1Oc1ccc(NC(=O)CC2COCCN2)cc1F. The number of ether oxygens (including phenoxy) is 3. The lowest BCUT2D eigenvalue weighted by Gasteiger charge is -2.23. The Morgan fingerprint density at radius 3 is 2.77 bits per heavy atom. The predicted octanol–water partition coefficient (Wildman–Crippen LogP) is 2.94. The summed E-state index contributed by atoms with van der Waals surface area (Å²) in [5.41, 5.74) is 0.372. The summed E-state index contributed by atoms with van der Waals surface area (Å²) in [6.45, 7) is 1.87. The zero-order valence-electron chi connectivity index (χ0n) is 14.5. The van der Waals surface area contributed by atoms with Crippen LogP contribution in [0.1, 0.15) is 6.42 Å². The van der Waals surface area contributed by atoms with Crippen LogP contribution in [0.4, 0.5) is 10.1 Å². The van der Waals surface area contributed by atoms with Gasteiger partial charge < -0.3 is 24.8 Å². The Hall–Kier alpha value is -2.64. The van der Waals surface area contributed by atoms with Gasteiger partial charge in [-0.15, -0.1) is 0 Å². The largest absolute Gasteiger partial charge is 0.493 e. The first-order chi connectivity index (χ1) is 12.7. The third-order valence-electron chi connectivity index (χ3n) is 3.93. The Bertz CT molecular complexity index is 763. The van der Waals surface area contributed by atoms with Gasteiger partial charge in [0.05, 0.1) is 20.3 Å². The summed E-state index contributed by atoms with van der Waals surface area (Å²) >= 11 is 0. The maximum atomic E-state index is 14.3. The number of carbonyl (C=O) groups is 1. The number of hydrogen-bond donors (Lipinski definition) is 2. The van der Waals surface area contributed by atoms with Crippen LogP contribution in [0.5, 0.6) is 17.2 Å². The summed E-state index contributed by atoms with van der Waals surface area (Å²) in [6, 6.07) is 11.3. The molecule has 1 saturated heterocycles. The molecule has 0 aromatic heterocycles. The molecule has 3 rings (SSSR count). The Kier molecular flexibility index (Phi) is 6.04. The molecule has 0 saturated carbocycles. The first kappa shape index (κ1) is 18.2. The van der Waals surface area contributed by atoms with Crippen LogP contribution in [-0.2, 0) is 9.53 Å². The monoisotopic (exact) mass is 360 g/mol. The van der Waals surface area contributed by atoms with Gasteiger partial charge in [0.15, 0.2) is 23.1 Å². The molecule has 1 fully saturated rings. The normalized spacial score (nSPS) is 16.8. The number of amides is 1. The van der Waals surface area contributed by atoms with Crippen LogP contribution in [0, 0.1) is 5.82 Å². The minimum atomic E-state index is -0.576. The van der Waals surface area contributed by atoms with Crippen LogP contribution in [0.3, 0.4) is 0 Å². The van der Waals surface area contributed by atoms with E-state index in [4.69, 9.17) is 14.2 Å². The molecule has 2 N–H and O–H groups in total. The van der Waals surface area contributed by atoms with E-state index in [0.717, 1.165) is 6.54 Å². The highest BCUT2D eigenvalue weighted by atomic mass is 19.1. The molecule has 1 aliphatic rings. The van der Waals surface area contributed by atoms with Gasteiger partial charge in [-0.2, -0.15) is 0 Å². The van der Waals surface area contributed by atoms with Crippen molar-refractivity contribution in [3.63, 3.8) is 0 Å². The van der Waals surface area contributed by atoms with Gasteiger partial charge in [-0.3, -0.25) is 4.79 Å². The van der Waals surface area contributed by atoms with Crippen LogP contribution in [0.15, 0.2) is 42.5 Å². The predicted molar refractivity (Wildman–Crippen MR) is 95.3 cm³/mol. The summed E-state index contributed by atoms with van der Waals surface area (Å²) in [7, 11) is 1.52. The van der Waals surface area contributed by atoms with Gasteiger partial charge in [-0.1, -0.05) is 12.1 Å². The number of carbonyl (C=O) groups excluding carboxylic acids is 1. The molecule has 26 heavy (non-hydrogen) atoms. The highest BCUT2D eigenvalue weighted by molar-refractivity contribution is 5.91. The van der Waals surface area contributed by atoms with Gasteiger partial charge >= 0.3 is 0 Å². The van der Waals surface area contributed by atoms with E-state index >= 15 is 0 Å². The van der Waals surface area contributed by atoms with Gasteiger partial charge in [0.25, 0.3) is 0 Å². The second kappa shape index (κ2) is 8.64. The average Bonchev–Trinajstić information content (AvgIpc) is 2.65. The molecule has 0 radical (unpaired) electrons. The van der Waals surface area contributed by atoms with Crippen molar-refractivity contribution in [3.8, 4) is 17.2 Å². The maximum absolute atomic E-state index is 14.3. The fourth-order valence-electron chi connectivity index (χ4n) is 2.67. The van der Waals surface area contributed by atoms with E-state index in [9.17, 15) is 9.18 Å². The zero-order valence-corrected chi connectivity index (χ0v) is 14.5. The lowest BCUT2D eigenvalue weighted by atomic mass is 10.2. The van der Waals surface area contributed by atoms with Crippen molar-refractivity contribution < 1.29 is 23.4 Å². The smallest absolute Gasteiger partial charge is 0.226 e. The molecular weight excluding hydrogens is 339 g/mol. The molecule has 2 aromatic carbocycles. The van der Waals surface area contributed by atoms with Crippen molar-refractivity contribution in [2.24, 2.45) is 0 Å². The summed E-state index contributed by atoms with van der Waals surface area (Å²) in [4.78, 5) is 12.1. The number of morpholine rings is 1. The van der Waals surface area contributed by atoms with Crippen LogP contribution in [0.25, 0.3) is 0 Å². The van der Waals surface area contributed by atoms with Crippen LogP contribution in [-0.4, -0.2) is 38.8 Å². The number of benzene rings is 2. The molecule has 0 aliphatic carbocycles. The Morgan fingerprint density at radius 2 is 2.08 bits per heavy atom. The topological polar surface area (TPSA) is 68.8 Å². The second-order valence-electron chi connectivity index (χ2n) is 5.88. The van der Waals surface area contributed by atoms with Crippen molar-refractivity contribution in [3.05, 3.63) is 48.3 Å². The lowest BCUT2D eigenvalue weighted by molar-refractivity contribution is -0.117. The molecule has 1 unspecified atom stereocenters. The second-order valence-corrected chi connectivity index (χ2v) is 5.88. The number of anilines is 1. The van der Waals surface area contributed by atoms with Crippen LogP contribution >= 0.6 is 0 Å². The molecule has 138 valence electrons. The highest BCUT2D eigenvalue weighted by Crippen LogP contribution is 2.33. The van der Waals surface area contributed by atoms with E-state index in [1.807, 2.05) is 0 Å². The molecule has 0 bridgehead atoms. The molecule has 7 heteroatoms. The van der Waals surface area contributed by atoms with Gasteiger partial charge in [-0.05, 0) is 24.3 Å². The third-order valence-corrected chi connectivity index (χ3v) is 3.93. The van der Waals surface area contributed by atoms with Crippen molar-refractivity contribution in [1.82, 2.24) is 5.32 Å². The van der Waals surface area contributed by atoms with Crippen molar-refractivity contribution in [1.29, 1.82) is 0 Å². The number of para-hydroxylation sites is 2. The molecule has 1 aliphatic heterocycles. The van der Waals surface area contributed by atoms with Gasteiger partial charge in [0.2, 0.25) is 5.91 Å². The number of methoxy groups -OCH3 is 1. The fraction of sp³-hybridized carbons (Fsp3) is 0.316. The van der Waals surface area contributed by atoms with E-state index in [-0.39, 0.29) is 24.1 Å². The van der Waals surface area contributed by atoms with Crippen LogP contribution in [0.2, 0.25) is 0 Å². The minimum Gasteiger partial charge on any atom is -0.493 e. The molecular formula is C19H21FN2O4. The molecule has 0 spiro atoms. The number of nitrogens with one attached hydrogen (secondary N) is 2. The summed E-state index contributed by atoms with van der Waals surface area (Å²) in [5, 5.41) is 5.89. The zero-order chi connectivity index (χ0) is 18.4. The van der Waals surface area contributed by atoms with E-state index in [0.29, 0.717) is 30.4 Å². The van der Waals surface area contributed by atoms with Gasteiger partial charge in [-0.25, -0.2) is 4.39 Å². The quantitative estimate of drug-likeness (QED) is 0.829. The third kappa shape index (κ3) is 4.71. The average molecular weight is 360 g/mol. The molecule has 1 heterocycles. The van der Waals surface area contributed by atoms with Crippen LogP contribution < -0.4 is 20.1 Å².